The molecule has 2 amide bonds. The molecule has 1 aliphatic rings. The van der Waals surface area contributed by atoms with Crippen LogP contribution >= 0.6 is 22.9 Å². The van der Waals surface area contributed by atoms with Crippen molar-refractivity contribution in [2.24, 2.45) is 0 Å². The Morgan fingerprint density at radius 1 is 0.844 bits per heavy atom. The van der Waals surface area contributed by atoms with Crippen LogP contribution in [0.25, 0.3) is 0 Å². The Morgan fingerprint density at radius 3 is 2.31 bits per heavy atom. The van der Waals surface area contributed by atoms with Crippen molar-refractivity contribution >= 4 is 46.2 Å². The average Bonchev–Trinajstić information content (AvgIpc) is 3.35. The van der Waals surface area contributed by atoms with Crippen LogP contribution in [0.2, 0.25) is 5.02 Å². The topological polar surface area (TPSA) is 75.3 Å². The van der Waals surface area contributed by atoms with E-state index in [0.717, 1.165) is 25.7 Å². The number of ketones is 1. The number of carbonyl (C=O) groups excluding carboxylic acids is 3. The first-order valence-electron chi connectivity index (χ1n) is 10.6. The molecule has 32 heavy (non-hydrogen) atoms. The summed E-state index contributed by atoms with van der Waals surface area (Å²) in [7, 11) is 0. The van der Waals surface area contributed by atoms with Gasteiger partial charge in [-0.05, 0) is 48.6 Å². The number of hydrogen-bond donors (Lipinski definition) is 2. The molecule has 1 aliphatic carbocycles. The van der Waals surface area contributed by atoms with Gasteiger partial charge in [0.05, 0.1) is 21.0 Å². The highest BCUT2D eigenvalue weighted by atomic mass is 35.5. The molecule has 4 rings (SSSR count). The molecule has 1 heterocycles. The second-order valence-corrected chi connectivity index (χ2v) is 9.16. The van der Waals surface area contributed by atoms with Gasteiger partial charge in [-0.3, -0.25) is 14.4 Å². The Bertz CT molecular complexity index is 1140. The maximum absolute atomic E-state index is 13.0. The second-order valence-electron chi connectivity index (χ2n) is 7.81. The van der Waals surface area contributed by atoms with Crippen molar-refractivity contribution in [3.8, 4) is 0 Å². The van der Waals surface area contributed by atoms with Gasteiger partial charge in [-0.15, -0.1) is 11.3 Å². The molecule has 2 aromatic carbocycles. The average molecular weight is 467 g/mol. The summed E-state index contributed by atoms with van der Waals surface area (Å²) in [4.78, 5) is 39.2. The molecule has 0 unspecified atom stereocenters. The van der Waals surface area contributed by atoms with Gasteiger partial charge in [0.25, 0.3) is 11.8 Å². The third kappa shape index (κ3) is 5.09. The van der Waals surface area contributed by atoms with Gasteiger partial charge in [0.2, 0.25) is 5.78 Å². The van der Waals surface area contributed by atoms with E-state index in [0.29, 0.717) is 26.7 Å². The summed E-state index contributed by atoms with van der Waals surface area (Å²) in [6, 6.07) is 15.2. The van der Waals surface area contributed by atoms with Crippen LogP contribution in [0.4, 0.5) is 5.69 Å². The van der Waals surface area contributed by atoms with Gasteiger partial charge in [0, 0.05) is 17.3 Å². The summed E-state index contributed by atoms with van der Waals surface area (Å²) in [6.45, 7) is 0. The van der Waals surface area contributed by atoms with E-state index >= 15 is 0 Å². The maximum atomic E-state index is 13.0. The van der Waals surface area contributed by atoms with Gasteiger partial charge in [-0.25, -0.2) is 0 Å². The quantitative estimate of drug-likeness (QED) is 0.441. The maximum Gasteiger partial charge on any atom is 0.256 e. The molecule has 1 saturated carbocycles. The van der Waals surface area contributed by atoms with E-state index in [9.17, 15) is 14.4 Å². The van der Waals surface area contributed by atoms with E-state index < -0.39 is 5.91 Å². The summed E-state index contributed by atoms with van der Waals surface area (Å²) in [5.41, 5.74) is 1.36. The number of hydrogen-bond acceptors (Lipinski definition) is 4. The summed E-state index contributed by atoms with van der Waals surface area (Å²) in [5, 5.41) is 7.99. The van der Waals surface area contributed by atoms with Gasteiger partial charge in [0.1, 0.15) is 0 Å². The zero-order chi connectivity index (χ0) is 22.5. The Morgan fingerprint density at radius 2 is 1.59 bits per heavy atom. The van der Waals surface area contributed by atoms with Crippen LogP contribution in [-0.4, -0.2) is 23.6 Å². The van der Waals surface area contributed by atoms with Crippen molar-refractivity contribution in [2.45, 2.75) is 38.1 Å². The minimum atomic E-state index is -0.425. The fraction of sp³-hybridized carbons (Fsp3) is 0.240. The summed E-state index contributed by atoms with van der Waals surface area (Å²) < 4.78 is 0. The predicted molar refractivity (Wildman–Crippen MR) is 128 cm³/mol. The van der Waals surface area contributed by atoms with E-state index in [1.807, 2.05) is 5.38 Å². The molecule has 1 aromatic heterocycles. The SMILES string of the molecule is O=C(NC1CCCCC1)c1cc(NC(=O)c2ccccc2C(=O)c2cccs2)ccc1Cl. The molecular weight excluding hydrogens is 444 g/mol. The first-order valence-corrected chi connectivity index (χ1v) is 11.9. The molecule has 2 N–H and O–H groups in total. The van der Waals surface area contributed by atoms with Crippen LogP contribution in [0.15, 0.2) is 60.0 Å². The number of rotatable bonds is 6. The van der Waals surface area contributed by atoms with E-state index in [2.05, 4.69) is 10.6 Å². The molecule has 1 fully saturated rings. The molecule has 0 bridgehead atoms. The van der Waals surface area contributed by atoms with Gasteiger partial charge in [-0.2, -0.15) is 0 Å². The predicted octanol–water partition coefficient (Wildman–Crippen LogP) is 5.95. The molecule has 0 saturated heterocycles. The summed E-state index contributed by atoms with van der Waals surface area (Å²) in [5.74, 6) is -0.868. The molecule has 0 radical (unpaired) electrons. The fourth-order valence-electron chi connectivity index (χ4n) is 3.91. The molecule has 5 nitrogen and oxygen atoms in total. The second kappa shape index (κ2) is 10.1. The smallest absolute Gasteiger partial charge is 0.256 e. The number of thiophene rings is 1. The largest absolute Gasteiger partial charge is 0.349 e. The fourth-order valence-corrected chi connectivity index (χ4v) is 4.79. The standard InChI is InChI=1S/C25H23ClN2O3S/c26-21-13-12-17(15-20(21)25(31)27-16-7-2-1-3-8-16)28-24(30)19-10-5-4-9-18(19)23(29)22-11-6-14-32-22/h4-6,9-16H,1-3,7-8H2,(H,27,31)(H,28,30). The molecule has 0 aliphatic heterocycles. The lowest BCUT2D eigenvalue weighted by Gasteiger charge is -2.23. The van der Waals surface area contributed by atoms with Crippen molar-refractivity contribution in [1.29, 1.82) is 0 Å². The number of carbonyl (C=O) groups is 3. The van der Waals surface area contributed by atoms with E-state index in [1.54, 1.807) is 54.6 Å². The van der Waals surface area contributed by atoms with Gasteiger partial charge >= 0.3 is 0 Å². The van der Waals surface area contributed by atoms with Crippen molar-refractivity contribution in [2.75, 3.05) is 5.32 Å². The number of amides is 2. The third-order valence-corrected chi connectivity index (χ3v) is 6.77. The highest BCUT2D eigenvalue weighted by Crippen LogP contribution is 2.24. The Balaban J connectivity index is 1.52. The number of benzene rings is 2. The Hall–Kier alpha value is -2.96. The van der Waals surface area contributed by atoms with Gasteiger partial charge in [-0.1, -0.05) is 55.1 Å². The number of halogens is 1. The van der Waals surface area contributed by atoms with Crippen molar-refractivity contribution in [3.63, 3.8) is 0 Å². The highest BCUT2D eigenvalue weighted by Gasteiger charge is 2.21. The summed E-state index contributed by atoms with van der Waals surface area (Å²) >= 11 is 7.60. The Kier molecular flexibility index (Phi) is 7.02. The lowest BCUT2D eigenvalue weighted by Crippen LogP contribution is -2.36. The molecule has 7 heteroatoms. The minimum absolute atomic E-state index is 0.153. The first kappa shape index (κ1) is 22.2. The minimum Gasteiger partial charge on any atom is -0.349 e. The number of nitrogens with one attached hydrogen (secondary N) is 2. The van der Waals surface area contributed by atoms with Crippen LogP contribution in [0.5, 0.6) is 0 Å². The van der Waals surface area contributed by atoms with Crippen LogP contribution in [0.3, 0.4) is 0 Å². The molecule has 0 spiro atoms. The molecule has 164 valence electrons. The zero-order valence-electron chi connectivity index (χ0n) is 17.4. The van der Waals surface area contributed by atoms with Gasteiger partial charge in [0.15, 0.2) is 0 Å². The van der Waals surface area contributed by atoms with E-state index in [-0.39, 0.29) is 23.3 Å². The molecule has 0 atom stereocenters. The third-order valence-electron chi connectivity index (χ3n) is 5.57. The van der Waals surface area contributed by atoms with Crippen LogP contribution in [0.1, 0.15) is 68.1 Å². The normalized spacial score (nSPS) is 14.0. The van der Waals surface area contributed by atoms with Crippen molar-refractivity contribution in [3.05, 3.63) is 86.6 Å². The van der Waals surface area contributed by atoms with Crippen molar-refractivity contribution < 1.29 is 14.4 Å². The zero-order valence-corrected chi connectivity index (χ0v) is 19.0. The van der Waals surface area contributed by atoms with Crippen LogP contribution in [-0.2, 0) is 0 Å². The summed E-state index contributed by atoms with van der Waals surface area (Å²) in [6.07, 6.45) is 5.35. The van der Waals surface area contributed by atoms with E-state index in [4.69, 9.17) is 11.6 Å². The van der Waals surface area contributed by atoms with Crippen LogP contribution < -0.4 is 10.6 Å². The lowest BCUT2D eigenvalue weighted by molar-refractivity contribution is 0.0926. The van der Waals surface area contributed by atoms with E-state index in [1.165, 1.54) is 17.8 Å². The molecular formula is C25H23ClN2O3S. The van der Waals surface area contributed by atoms with Gasteiger partial charge < -0.3 is 10.6 Å². The Labute approximate surface area is 195 Å². The first-order chi connectivity index (χ1) is 15.5. The number of anilines is 1. The molecule has 3 aromatic rings. The highest BCUT2D eigenvalue weighted by molar-refractivity contribution is 7.12. The monoisotopic (exact) mass is 466 g/mol. The van der Waals surface area contributed by atoms with Crippen LogP contribution in [0, 0.1) is 0 Å². The lowest BCUT2D eigenvalue weighted by atomic mass is 9.95. The van der Waals surface area contributed by atoms with Crippen molar-refractivity contribution in [1.82, 2.24) is 5.32 Å².